The minimum atomic E-state index is -0.524. The van der Waals surface area contributed by atoms with Gasteiger partial charge in [0.1, 0.15) is 0 Å². The summed E-state index contributed by atoms with van der Waals surface area (Å²) in [6, 6.07) is 8.48. The van der Waals surface area contributed by atoms with Crippen molar-refractivity contribution in [3.63, 3.8) is 0 Å². The van der Waals surface area contributed by atoms with Crippen molar-refractivity contribution in [1.29, 1.82) is 0 Å². The molecule has 0 atom stereocenters. The smallest absolute Gasteiger partial charge is 0.276 e. The minimum Gasteiger partial charge on any atom is -0.346 e. The van der Waals surface area contributed by atoms with Gasteiger partial charge in [-0.05, 0) is 35.9 Å². The molecule has 0 aliphatic heterocycles. The molecular formula is C16H13ClN4O2. The largest absolute Gasteiger partial charge is 0.346 e. The van der Waals surface area contributed by atoms with Gasteiger partial charge in [-0.1, -0.05) is 11.6 Å². The molecule has 0 aliphatic carbocycles. The molecule has 0 fully saturated rings. The van der Waals surface area contributed by atoms with E-state index in [2.05, 4.69) is 15.4 Å². The Morgan fingerprint density at radius 2 is 2.00 bits per heavy atom. The maximum absolute atomic E-state index is 12.5. The summed E-state index contributed by atoms with van der Waals surface area (Å²) in [5.74, 6) is -0.524. The SMILES string of the molecule is Cn1nc(C(=O)NCc2ccncc2)c(=O)c2cc(Cl)ccc21. The number of aromatic nitrogens is 3. The normalized spacial score (nSPS) is 10.7. The summed E-state index contributed by atoms with van der Waals surface area (Å²) in [5.41, 5.74) is 0.906. The third-order valence-electron chi connectivity index (χ3n) is 3.43. The van der Waals surface area contributed by atoms with Gasteiger partial charge < -0.3 is 5.32 Å². The standard InChI is InChI=1S/C16H13ClN4O2/c1-21-13-3-2-11(17)8-12(13)15(22)14(20-21)16(23)19-9-10-4-6-18-7-5-10/h2-8H,9H2,1H3,(H,19,23). The molecule has 6 nitrogen and oxygen atoms in total. The van der Waals surface area contributed by atoms with Crippen molar-refractivity contribution in [2.75, 3.05) is 0 Å². The van der Waals surface area contributed by atoms with E-state index in [1.165, 1.54) is 4.68 Å². The number of benzene rings is 1. The zero-order valence-corrected chi connectivity index (χ0v) is 13.0. The zero-order valence-electron chi connectivity index (χ0n) is 12.3. The van der Waals surface area contributed by atoms with Crippen LogP contribution in [-0.4, -0.2) is 20.7 Å². The van der Waals surface area contributed by atoms with Crippen LogP contribution in [-0.2, 0) is 13.6 Å². The van der Waals surface area contributed by atoms with E-state index in [4.69, 9.17) is 11.6 Å². The Morgan fingerprint density at radius 1 is 1.26 bits per heavy atom. The lowest BCUT2D eigenvalue weighted by Crippen LogP contribution is -2.31. The fourth-order valence-corrected chi connectivity index (χ4v) is 2.44. The van der Waals surface area contributed by atoms with Gasteiger partial charge in [0.25, 0.3) is 5.91 Å². The van der Waals surface area contributed by atoms with Crippen LogP contribution >= 0.6 is 11.6 Å². The molecule has 1 N–H and O–H groups in total. The second kappa shape index (κ2) is 6.18. The Hall–Kier alpha value is -2.73. The first kappa shape index (κ1) is 15.2. The van der Waals surface area contributed by atoms with E-state index in [-0.39, 0.29) is 5.69 Å². The van der Waals surface area contributed by atoms with Gasteiger partial charge in [-0.2, -0.15) is 5.10 Å². The Morgan fingerprint density at radius 3 is 2.74 bits per heavy atom. The van der Waals surface area contributed by atoms with Crippen molar-refractivity contribution in [3.8, 4) is 0 Å². The van der Waals surface area contributed by atoms with Gasteiger partial charge in [-0.3, -0.25) is 19.3 Å². The topological polar surface area (TPSA) is 76.9 Å². The molecule has 2 aromatic heterocycles. The van der Waals surface area contributed by atoms with Crippen molar-refractivity contribution in [3.05, 3.63) is 69.2 Å². The molecule has 3 aromatic rings. The summed E-state index contributed by atoms with van der Waals surface area (Å²) in [5, 5.41) is 7.57. The molecule has 1 amide bonds. The number of carbonyl (C=O) groups is 1. The number of halogens is 1. The molecular weight excluding hydrogens is 316 g/mol. The van der Waals surface area contributed by atoms with Crippen LogP contribution in [0.3, 0.4) is 0 Å². The van der Waals surface area contributed by atoms with Gasteiger partial charge in [-0.25, -0.2) is 0 Å². The van der Waals surface area contributed by atoms with Crippen LogP contribution in [0.2, 0.25) is 5.02 Å². The van der Waals surface area contributed by atoms with Crippen molar-refractivity contribution in [1.82, 2.24) is 20.1 Å². The van der Waals surface area contributed by atoms with Crippen LogP contribution in [0.1, 0.15) is 16.1 Å². The molecule has 1 aromatic carbocycles. The summed E-state index contributed by atoms with van der Waals surface area (Å²) in [7, 11) is 1.68. The van der Waals surface area contributed by atoms with E-state index in [1.54, 1.807) is 49.8 Å². The zero-order chi connectivity index (χ0) is 16.4. The van der Waals surface area contributed by atoms with Crippen molar-refractivity contribution >= 4 is 28.4 Å². The fourth-order valence-electron chi connectivity index (χ4n) is 2.26. The number of fused-ring (bicyclic) bond motifs is 1. The maximum atomic E-state index is 12.5. The number of nitrogens with one attached hydrogen (secondary N) is 1. The molecule has 0 saturated heterocycles. The quantitative estimate of drug-likeness (QED) is 0.796. The highest BCUT2D eigenvalue weighted by Crippen LogP contribution is 2.15. The molecule has 0 unspecified atom stereocenters. The summed E-state index contributed by atoms with van der Waals surface area (Å²) in [6.45, 7) is 0.291. The highest BCUT2D eigenvalue weighted by molar-refractivity contribution is 6.31. The van der Waals surface area contributed by atoms with E-state index in [0.717, 1.165) is 5.56 Å². The number of nitrogens with zero attached hydrogens (tertiary/aromatic N) is 3. The fraction of sp³-hybridized carbons (Fsp3) is 0.125. The van der Waals surface area contributed by atoms with E-state index < -0.39 is 11.3 Å². The third kappa shape index (κ3) is 3.07. The second-order valence-corrected chi connectivity index (χ2v) is 5.44. The number of rotatable bonds is 3. The minimum absolute atomic E-state index is 0.156. The van der Waals surface area contributed by atoms with Crippen LogP contribution in [0.15, 0.2) is 47.5 Å². The number of amides is 1. The lowest BCUT2D eigenvalue weighted by atomic mass is 10.2. The second-order valence-electron chi connectivity index (χ2n) is 5.00. The van der Waals surface area contributed by atoms with Gasteiger partial charge in [0, 0.05) is 31.0 Å². The predicted octanol–water partition coefficient (Wildman–Crippen LogP) is 1.91. The molecule has 7 heteroatoms. The molecule has 0 spiro atoms. The van der Waals surface area contributed by atoms with Crippen molar-refractivity contribution in [2.45, 2.75) is 6.54 Å². The van der Waals surface area contributed by atoms with Crippen molar-refractivity contribution < 1.29 is 4.79 Å². The third-order valence-corrected chi connectivity index (χ3v) is 3.67. The molecule has 0 bridgehead atoms. The first-order valence-corrected chi connectivity index (χ1v) is 7.28. The maximum Gasteiger partial charge on any atom is 0.276 e. The predicted molar refractivity (Wildman–Crippen MR) is 87.4 cm³/mol. The van der Waals surface area contributed by atoms with Gasteiger partial charge in [0.2, 0.25) is 5.43 Å². The van der Waals surface area contributed by atoms with Crippen LogP contribution in [0.5, 0.6) is 0 Å². The average Bonchev–Trinajstić information content (AvgIpc) is 2.56. The molecule has 0 saturated carbocycles. The van der Waals surface area contributed by atoms with Crippen LogP contribution in [0.25, 0.3) is 10.9 Å². The highest BCUT2D eigenvalue weighted by Gasteiger charge is 2.16. The van der Waals surface area contributed by atoms with Gasteiger partial charge >= 0.3 is 0 Å². The molecule has 0 aliphatic rings. The Bertz CT molecular complexity index is 938. The lowest BCUT2D eigenvalue weighted by Gasteiger charge is -2.08. The van der Waals surface area contributed by atoms with E-state index in [0.29, 0.717) is 22.5 Å². The number of pyridine rings is 1. The van der Waals surface area contributed by atoms with E-state index in [1.807, 2.05) is 0 Å². The molecule has 23 heavy (non-hydrogen) atoms. The number of carbonyl (C=O) groups excluding carboxylic acids is 1. The first-order valence-electron chi connectivity index (χ1n) is 6.90. The summed E-state index contributed by atoms with van der Waals surface area (Å²) < 4.78 is 1.49. The molecule has 116 valence electrons. The molecule has 0 radical (unpaired) electrons. The van der Waals surface area contributed by atoms with E-state index >= 15 is 0 Å². The van der Waals surface area contributed by atoms with Crippen LogP contribution in [0, 0.1) is 0 Å². The molecule has 3 rings (SSSR count). The van der Waals surface area contributed by atoms with E-state index in [9.17, 15) is 9.59 Å². The van der Waals surface area contributed by atoms with Gasteiger partial charge in [0.05, 0.1) is 10.9 Å². The van der Waals surface area contributed by atoms with Crippen molar-refractivity contribution in [2.24, 2.45) is 7.05 Å². The average molecular weight is 329 g/mol. The Balaban J connectivity index is 1.94. The number of hydrogen-bond donors (Lipinski definition) is 1. The van der Waals surface area contributed by atoms with Gasteiger partial charge in [-0.15, -0.1) is 0 Å². The van der Waals surface area contributed by atoms with Crippen LogP contribution in [0.4, 0.5) is 0 Å². The highest BCUT2D eigenvalue weighted by atomic mass is 35.5. The summed E-state index contributed by atoms with van der Waals surface area (Å²) >= 11 is 5.94. The number of aryl methyl sites for hydroxylation is 1. The monoisotopic (exact) mass is 328 g/mol. The number of hydrogen-bond acceptors (Lipinski definition) is 4. The first-order chi connectivity index (χ1) is 11.1. The summed E-state index contributed by atoms with van der Waals surface area (Å²) in [6.07, 6.45) is 3.27. The summed E-state index contributed by atoms with van der Waals surface area (Å²) in [4.78, 5) is 28.7. The Kier molecular flexibility index (Phi) is 4.08. The Labute approximate surface area is 136 Å². The molecule has 2 heterocycles. The lowest BCUT2D eigenvalue weighted by molar-refractivity contribution is 0.0943. The van der Waals surface area contributed by atoms with Gasteiger partial charge in [0.15, 0.2) is 5.69 Å². The van der Waals surface area contributed by atoms with Crippen LogP contribution < -0.4 is 10.7 Å².